The van der Waals surface area contributed by atoms with Crippen LogP contribution in [0.25, 0.3) is 0 Å². The lowest BCUT2D eigenvalue weighted by Gasteiger charge is -1.99. The SMILES string of the molecule is CCc1ncc(S(=O)(=O)Nc2nnns2)[nH]1. The molecule has 0 fully saturated rings. The van der Waals surface area contributed by atoms with Crippen molar-refractivity contribution in [2.24, 2.45) is 0 Å². The summed E-state index contributed by atoms with van der Waals surface area (Å²) in [4.78, 5) is 6.60. The molecule has 0 unspecified atom stereocenters. The van der Waals surface area contributed by atoms with Gasteiger partial charge in [-0.2, -0.15) is 8.42 Å². The molecule has 0 radical (unpaired) electrons. The van der Waals surface area contributed by atoms with Gasteiger partial charge in [0.2, 0.25) is 5.13 Å². The maximum Gasteiger partial charge on any atom is 0.280 e. The van der Waals surface area contributed by atoms with Crippen molar-refractivity contribution in [2.75, 3.05) is 4.72 Å². The summed E-state index contributed by atoms with van der Waals surface area (Å²) in [6.07, 6.45) is 1.89. The van der Waals surface area contributed by atoms with E-state index in [2.05, 4.69) is 29.5 Å². The van der Waals surface area contributed by atoms with Crippen LogP contribution in [0.15, 0.2) is 11.2 Å². The molecule has 16 heavy (non-hydrogen) atoms. The molecule has 10 heteroatoms. The topological polar surface area (TPSA) is 114 Å². The van der Waals surface area contributed by atoms with Gasteiger partial charge in [-0.15, -0.1) is 0 Å². The number of aryl methyl sites for hydroxylation is 1. The minimum atomic E-state index is -3.67. The van der Waals surface area contributed by atoms with Crippen LogP contribution in [-0.2, 0) is 16.4 Å². The molecule has 0 spiro atoms. The molecule has 2 heterocycles. The van der Waals surface area contributed by atoms with Crippen LogP contribution in [0.1, 0.15) is 12.7 Å². The maximum atomic E-state index is 11.8. The molecule has 0 saturated carbocycles. The highest BCUT2D eigenvalue weighted by atomic mass is 32.2. The molecule has 86 valence electrons. The number of aromatic amines is 1. The normalized spacial score (nSPS) is 11.6. The number of H-pyrrole nitrogens is 1. The summed E-state index contributed by atoms with van der Waals surface area (Å²) in [7, 11) is -3.67. The van der Waals surface area contributed by atoms with Crippen molar-refractivity contribution < 1.29 is 8.42 Å². The fourth-order valence-electron chi connectivity index (χ4n) is 1.00. The van der Waals surface area contributed by atoms with E-state index in [0.717, 1.165) is 11.5 Å². The van der Waals surface area contributed by atoms with Crippen molar-refractivity contribution in [3.63, 3.8) is 0 Å². The first-order chi connectivity index (χ1) is 7.62. The number of sulfonamides is 1. The third kappa shape index (κ3) is 2.17. The number of rotatable bonds is 4. The Morgan fingerprint density at radius 3 is 2.94 bits per heavy atom. The Bertz CT molecular complexity index is 560. The molecule has 0 bridgehead atoms. The van der Waals surface area contributed by atoms with Gasteiger partial charge in [-0.05, 0) is 5.21 Å². The minimum Gasteiger partial charge on any atom is -0.332 e. The Hall–Kier alpha value is -1.55. The molecule has 2 rings (SSSR count). The van der Waals surface area contributed by atoms with E-state index in [4.69, 9.17) is 0 Å². The Balaban J connectivity index is 2.25. The number of imidazole rings is 1. The van der Waals surface area contributed by atoms with Gasteiger partial charge in [0.1, 0.15) is 5.82 Å². The highest BCUT2D eigenvalue weighted by molar-refractivity contribution is 7.92. The summed E-state index contributed by atoms with van der Waals surface area (Å²) in [5.74, 6) is 0.607. The Morgan fingerprint density at radius 1 is 1.56 bits per heavy atom. The number of hydrogen-bond donors (Lipinski definition) is 2. The highest BCUT2D eigenvalue weighted by Crippen LogP contribution is 2.13. The van der Waals surface area contributed by atoms with Gasteiger partial charge in [0.25, 0.3) is 10.0 Å². The maximum absolute atomic E-state index is 11.8. The summed E-state index contributed by atoms with van der Waals surface area (Å²) in [6.45, 7) is 1.87. The van der Waals surface area contributed by atoms with Crippen molar-refractivity contribution >= 4 is 26.7 Å². The van der Waals surface area contributed by atoms with Crippen molar-refractivity contribution in [3.05, 3.63) is 12.0 Å². The molecule has 2 N–H and O–H groups in total. The van der Waals surface area contributed by atoms with Crippen LogP contribution in [0.5, 0.6) is 0 Å². The van der Waals surface area contributed by atoms with Gasteiger partial charge >= 0.3 is 0 Å². The lowest BCUT2D eigenvalue weighted by atomic mass is 10.5. The van der Waals surface area contributed by atoms with Gasteiger partial charge in [0.05, 0.1) is 6.20 Å². The van der Waals surface area contributed by atoms with Crippen LogP contribution in [0, 0.1) is 0 Å². The second kappa shape index (κ2) is 4.14. The molecule has 0 saturated heterocycles. The average molecular weight is 260 g/mol. The number of anilines is 1. The van der Waals surface area contributed by atoms with Gasteiger partial charge in [-0.3, -0.25) is 4.72 Å². The monoisotopic (exact) mass is 260 g/mol. The summed E-state index contributed by atoms with van der Waals surface area (Å²) in [5.41, 5.74) is 0. The lowest BCUT2D eigenvalue weighted by Crippen LogP contribution is -2.13. The van der Waals surface area contributed by atoms with E-state index in [-0.39, 0.29) is 10.2 Å². The predicted molar refractivity (Wildman–Crippen MR) is 56.5 cm³/mol. The van der Waals surface area contributed by atoms with E-state index in [1.807, 2.05) is 6.92 Å². The fourth-order valence-corrected chi connectivity index (χ4v) is 2.53. The second-order valence-corrected chi connectivity index (χ2v) is 5.20. The second-order valence-electron chi connectivity index (χ2n) is 2.82. The van der Waals surface area contributed by atoms with Crippen molar-refractivity contribution in [1.82, 2.24) is 24.8 Å². The molecule has 0 atom stereocenters. The lowest BCUT2D eigenvalue weighted by molar-refractivity contribution is 0.598. The first-order valence-electron chi connectivity index (χ1n) is 4.33. The minimum absolute atomic E-state index is 0.000417. The van der Waals surface area contributed by atoms with Crippen LogP contribution in [0.4, 0.5) is 5.13 Å². The molecule has 0 aliphatic heterocycles. The van der Waals surface area contributed by atoms with Gasteiger partial charge in [0, 0.05) is 18.0 Å². The van der Waals surface area contributed by atoms with E-state index < -0.39 is 10.0 Å². The van der Waals surface area contributed by atoms with E-state index in [1.165, 1.54) is 6.20 Å². The predicted octanol–water partition coefficient (Wildman–Crippen LogP) is 0.0194. The number of nitrogens with one attached hydrogen (secondary N) is 2. The van der Waals surface area contributed by atoms with Crippen LogP contribution in [-0.4, -0.2) is 33.2 Å². The van der Waals surface area contributed by atoms with E-state index >= 15 is 0 Å². The largest absolute Gasteiger partial charge is 0.332 e. The highest BCUT2D eigenvalue weighted by Gasteiger charge is 2.18. The number of aromatic nitrogens is 5. The fraction of sp³-hybridized carbons (Fsp3) is 0.333. The molecule has 0 aliphatic carbocycles. The van der Waals surface area contributed by atoms with Gasteiger partial charge < -0.3 is 4.98 Å². The number of hydrogen-bond acceptors (Lipinski definition) is 7. The standard InChI is InChI=1S/C6H8N6O2S2/c1-2-4-7-3-5(8-4)16(13,14)10-6-9-11-12-15-6/h3H,2H2,1H3,(H,7,8)(H,9,10,12). The van der Waals surface area contributed by atoms with Crippen LogP contribution < -0.4 is 4.72 Å². The third-order valence-electron chi connectivity index (χ3n) is 1.75. The number of nitrogens with zero attached hydrogens (tertiary/aromatic N) is 4. The average Bonchev–Trinajstić information content (AvgIpc) is 2.85. The summed E-state index contributed by atoms with van der Waals surface area (Å²) in [6, 6.07) is 0. The molecular weight excluding hydrogens is 252 g/mol. The quantitative estimate of drug-likeness (QED) is 0.801. The molecule has 0 aromatic carbocycles. The Labute approximate surface area is 95.3 Å². The molecular formula is C6H8N6O2S2. The Morgan fingerprint density at radius 2 is 2.38 bits per heavy atom. The van der Waals surface area contributed by atoms with Gasteiger partial charge in [-0.1, -0.05) is 16.5 Å². The molecule has 8 nitrogen and oxygen atoms in total. The zero-order valence-corrected chi connectivity index (χ0v) is 9.84. The smallest absolute Gasteiger partial charge is 0.280 e. The van der Waals surface area contributed by atoms with E-state index in [1.54, 1.807) is 0 Å². The zero-order chi connectivity index (χ0) is 11.6. The van der Waals surface area contributed by atoms with Crippen LogP contribution in [0.3, 0.4) is 0 Å². The first-order valence-corrected chi connectivity index (χ1v) is 6.59. The summed E-state index contributed by atoms with van der Waals surface area (Å²) >= 11 is 0.860. The van der Waals surface area contributed by atoms with E-state index in [0.29, 0.717) is 12.2 Å². The first kappa shape index (κ1) is 11.0. The van der Waals surface area contributed by atoms with Gasteiger partial charge in [0.15, 0.2) is 5.03 Å². The van der Waals surface area contributed by atoms with E-state index in [9.17, 15) is 8.42 Å². The summed E-state index contributed by atoms with van der Waals surface area (Å²) in [5, 5.41) is 6.89. The van der Waals surface area contributed by atoms with Crippen molar-refractivity contribution in [3.8, 4) is 0 Å². The molecule has 2 aromatic heterocycles. The third-order valence-corrected chi connectivity index (χ3v) is 3.64. The van der Waals surface area contributed by atoms with Gasteiger partial charge in [-0.25, -0.2) is 4.98 Å². The molecule has 2 aromatic rings. The summed E-state index contributed by atoms with van der Waals surface area (Å²) < 4.78 is 29.2. The molecule has 0 amide bonds. The zero-order valence-electron chi connectivity index (χ0n) is 8.21. The van der Waals surface area contributed by atoms with Crippen LogP contribution >= 0.6 is 11.5 Å². The van der Waals surface area contributed by atoms with Crippen LogP contribution in [0.2, 0.25) is 0 Å². The van der Waals surface area contributed by atoms with Crippen molar-refractivity contribution in [1.29, 1.82) is 0 Å². The van der Waals surface area contributed by atoms with Crippen molar-refractivity contribution in [2.45, 2.75) is 18.4 Å². The Kier molecular flexibility index (Phi) is 2.83. The molecule has 0 aliphatic rings.